The molecule has 0 spiro atoms. The number of hydrogen-bond donors (Lipinski definition) is 1. The molecule has 0 atom stereocenters. The Balaban J connectivity index is 1.27. The van der Waals surface area contributed by atoms with Gasteiger partial charge >= 0.3 is 0 Å². The number of nitro benzene ring substituents is 1. The summed E-state index contributed by atoms with van der Waals surface area (Å²) >= 11 is 2.88. The van der Waals surface area contributed by atoms with Gasteiger partial charge in [0, 0.05) is 38.3 Å². The molecule has 1 aromatic carbocycles. The van der Waals surface area contributed by atoms with Crippen LogP contribution < -0.4 is 10.2 Å². The number of thioether (sulfide) groups is 1. The number of aromatic nitrogens is 2. The number of nitrogens with zero attached hydrogens (tertiary/aromatic N) is 5. The monoisotopic (exact) mass is 420 g/mol. The Hall–Kier alpha value is -2.40. The number of carbonyl (C=O) groups is 1. The molecule has 148 valence electrons. The van der Waals surface area contributed by atoms with Crippen LogP contribution in [-0.4, -0.2) is 63.9 Å². The van der Waals surface area contributed by atoms with Gasteiger partial charge in [-0.25, -0.2) is 0 Å². The molecule has 2 fully saturated rings. The van der Waals surface area contributed by atoms with E-state index in [0.717, 1.165) is 9.47 Å². The first-order valence-electron chi connectivity index (χ1n) is 9.09. The fourth-order valence-corrected chi connectivity index (χ4v) is 4.76. The highest BCUT2D eigenvalue weighted by Gasteiger charge is 2.26. The fraction of sp³-hybridized carbons (Fsp3) is 0.471. The van der Waals surface area contributed by atoms with Crippen molar-refractivity contribution in [2.45, 2.75) is 23.2 Å². The summed E-state index contributed by atoms with van der Waals surface area (Å²) in [6, 6.07) is 7.26. The number of hydrogen-bond acceptors (Lipinski definition) is 9. The molecule has 1 saturated heterocycles. The third-order valence-electron chi connectivity index (χ3n) is 4.68. The minimum Gasteiger partial charge on any atom is -0.362 e. The molecule has 9 nitrogen and oxygen atoms in total. The summed E-state index contributed by atoms with van der Waals surface area (Å²) in [7, 11) is 0. The highest BCUT2D eigenvalue weighted by atomic mass is 32.2. The highest BCUT2D eigenvalue weighted by molar-refractivity contribution is 8.01. The van der Waals surface area contributed by atoms with E-state index in [-0.39, 0.29) is 16.5 Å². The largest absolute Gasteiger partial charge is 0.362 e. The molecule has 1 saturated carbocycles. The van der Waals surface area contributed by atoms with Crippen LogP contribution in [0.15, 0.2) is 28.6 Å². The minimum absolute atomic E-state index is 0.0547. The Bertz CT molecular complexity index is 864. The van der Waals surface area contributed by atoms with Crippen LogP contribution in [0.5, 0.6) is 0 Å². The lowest BCUT2D eigenvalue weighted by Gasteiger charge is -2.35. The molecular weight excluding hydrogens is 400 g/mol. The summed E-state index contributed by atoms with van der Waals surface area (Å²) < 4.78 is 0.787. The van der Waals surface area contributed by atoms with Gasteiger partial charge in [0.25, 0.3) is 5.69 Å². The summed E-state index contributed by atoms with van der Waals surface area (Å²) in [6.45, 7) is 2.26. The second-order valence-electron chi connectivity index (χ2n) is 6.69. The molecule has 0 unspecified atom stereocenters. The minimum atomic E-state index is -0.363. The molecule has 28 heavy (non-hydrogen) atoms. The van der Waals surface area contributed by atoms with E-state index < -0.39 is 0 Å². The van der Waals surface area contributed by atoms with E-state index in [0.29, 0.717) is 43.7 Å². The zero-order chi connectivity index (χ0) is 19.5. The molecule has 0 radical (unpaired) electrons. The molecular formula is C17H20N6O3S2. The van der Waals surface area contributed by atoms with Gasteiger partial charge in [-0.3, -0.25) is 14.9 Å². The van der Waals surface area contributed by atoms with E-state index in [2.05, 4.69) is 15.5 Å². The summed E-state index contributed by atoms with van der Waals surface area (Å²) in [4.78, 5) is 27.1. The van der Waals surface area contributed by atoms with E-state index in [1.807, 2.05) is 9.80 Å². The van der Waals surface area contributed by atoms with Crippen LogP contribution in [0.3, 0.4) is 0 Å². The molecule has 4 rings (SSSR count). The van der Waals surface area contributed by atoms with Gasteiger partial charge in [-0.05, 0) is 18.9 Å². The first-order valence-corrected chi connectivity index (χ1v) is 10.9. The Morgan fingerprint density at radius 3 is 2.71 bits per heavy atom. The Morgan fingerprint density at radius 2 is 2.00 bits per heavy atom. The molecule has 2 aromatic rings. The van der Waals surface area contributed by atoms with Gasteiger partial charge in [0.1, 0.15) is 5.69 Å². The summed E-state index contributed by atoms with van der Waals surface area (Å²) in [5.41, 5.74) is 0.711. The second kappa shape index (κ2) is 8.31. The third-order valence-corrected chi connectivity index (χ3v) is 6.65. The van der Waals surface area contributed by atoms with Crippen molar-refractivity contribution in [3.63, 3.8) is 0 Å². The van der Waals surface area contributed by atoms with Crippen LogP contribution in [0.4, 0.5) is 16.5 Å². The molecule has 2 heterocycles. The van der Waals surface area contributed by atoms with Gasteiger partial charge in [-0.15, -0.1) is 10.2 Å². The smallest absolute Gasteiger partial charge is 0.292 e. The maximum Gasteiger partial charge on any atom is 0.292 e. The van der Waals surface area contributed by atoms with Gasteiger partial charge in [0.15, 0.2) is 4.34 Å². The van der Waals surface area contributed by atoms with Gasteiger partial charge in [-0.1, -0.05) is 35.2 Å². The van der Waals surface area contributed by atoms with Crippen molar-refractivity contribution in [1.82, 2.24) is 15.1 Å². The lowest BCUT2D eigenvalue weighted by Crippen LogP contribution is -2.49. The van der Waals surface area contributed by atoms with Crippen molar-refractivity contribution in [3.8, 4) is 0 Å². The number of anilines is 2. The van der Waals surface area contributed by atoms with Gasteiger partial charge in [0.05, 0.1) is 10.7 Å². The van der Waals surface area contributed by atoms with Gasteiger partial charge in [-0.2, -0.15) is 0 Å². The molecule has 0 bridgehead atoms. The van der Waals surface area contributed by atoms with E-state index in [1.165, 1.54) is 42.0 Å². The molecule has 1 amide bonds. The predicted molar refractivity (Wildman–Crippen MR) is 109 cm³/mol. The molecule has 1 aliphatic carbocycles. The Morgan fingerprint density at radius 1 is 1.25 bits per heavy atom. The average molecular weight is 421 g/mol. The van der Waals surface area contributed by atoms with E-state index in [4.69, 9.17) is 0 Å². The Labute approximate surface area is 170 Å². The standard InChI is InChI=1S/C17H20N6O3S2/c24-15(11-27-17-20-19-16(28-17)18-12-5-6-12)22-9-7-21(8-10-22)13-3-1-2-4-14(13)23(25)26/h1-4,12H,5-11H2,(H,18,19). The van der Waals surface area contributed by atoms with Crippen molar-refractivity contribution >= 4 is 45.5 Å². The normalized spacial score (nSPS) is 16.9. The molecule has 2 aliphatic rings. The van der Waals surface area contributed by atoms with Crippen LogP contribution in [-0.2, 0) is 4.79 Å². The summed E-state index contributed by atoms with van der Waals surface area (Å²) in [5.74, 6) is 0.378. The molecule has 1 aliphatic heterocycles. The van der Waals surface area contributed by atoms with Crippen molar-refractivity contribution in [3.05, 3.63) is 34.4 Å². The average Bonchev–Trinajstić information content (AvgIpc) is 3.42. The fourth-order valence-electron chi connectivity index (χ4n) is 3.03. The number of benzene rings is 1. The molecule has 1 N–H and O–H groups in total. The number of rotatable bonds is 7. The maximum absolute atomic E-state index is 12.5. The van der Waals surface area contributed by atoms with Crippen LogP contribution >= 0.6 is 23.1 Å². The van der Waals surface area contributed by atoms with Crippen LogP contribution in [0, 0.1) is 10.1 Å². The summed E-state index contributed by atoms with van der Waals surface area (Å²) in [6.07, 6.45) is 2.36. The third kappa shape index (κ3) is 4.53. The highest BCUT2D eigenvalue weighted by Crippen LogP contribution is 2.31. The number of carbonyl (C=O) groups excluding carboxylic acids is 1. The van der Waals surface area contributed by atoms with Crippen LogP contribution in [0.25, 0.3) is 0 Å². The Kier molecular flexibility index (Phi) is 5.62. The van der Waals surface area contributed by atoms with Crippen molar-refractivity contribution in [2.24, 2.45) is 0 Å². The van der Waals surface area contributed by atoms with Gasteiger partial charge < -0.3 is 15.1 Å². The number of nitro groups is 1. The number of para-hydroxylation sites is 2. The first-order chi connectivity index (χ1) is 13.6. The summed E-state index contributed by atoms with van der Waals surface area (Å²) in [5, 5.41) is 23.6. The number of piperazine rings is 1. The van der Waals surface area contributed by atoms with Crippen LogP contribution in [0.2, 0.25) is 0 Å². The van der Waals surface area contributed by atoms with E-state index in [1.54, 1.807) is 18.2 Å². The zero-order valence-corrected chi connectivity index (χ0v) is 16.7. The van der Waals surface area contributed by atoms with Crippen molar-refractivity contribution in [1.29, 1.82) is 0 Å². The zero-order valence-electron chi connectivity index (χ0n) is 15.1. The lowest BCUT2D eigenvalue weighted by molar-refractivity contribution is -0.384. The van der Waals surface area contributed by atoms with Crippen molar-refractivity contribution in [2.75, 3.05) is 42.1 Å². The second-order valence-corrected chi connectivity index (χ2v) is 8.89. The quantitative estimate of drug-likeness (QED) is 0.414. The van der Waals surface area contributed by atoms with E-state index in [9.17, 15) is 14.9 Å². The lowest BCUT2D eigenvalue weighted by atomic mass is 10.2. The molecule has 1 aromatic heterocycles. The first kappa shape index (κ1) is 18.9. The van der Waals surface area contributed by atoms with Crippen LogP contribution in [0.1, 0.15) is 12.8 Å². The maximum atomic E-state index is 12.5. The number of amides is 1. The van der Waals surface area contributed by atoms with Gasteiger partial charge in [0.2, 0.25) is 11.0 Å². The van der Waals surface area contributed by atoms with E-state index >= 15 is 0 Å². The SMILES string of the molecule is O=C(CSc1nnc(NC2CC2)s1)N1CCN(c2ccccc2[N+](=O)[O-])CC1. The van der Waals surface area contributed by atoms with Crippen molar-refractivity contribution < 1.29 is 9.72 Å². The predicted octanol–water partition coefficient (Wildman–Crippen LogP) is 2.46. The topological polar surface area (TPSA) is 104 Å². The number of nitrogens with one attached hydrogen (secondary N) is 1. The molecule has 11 heteroatoms.